The van der Waals surface area contributed by atoms with E-state index in [1.165, 1.54) is 6.92 Å². The average Bonchev–Trinajstić information content (AvgIpc) is 2.28. The highest BCUT2D eigenvalue weighted by molar-refractivity contribution is 7.62. The first kappa shape index (κ1) is 15.6. The lowest BCUT2D eigenvalue weighted by molar-refractivity contribution is -0.114. The van der Waals surface area contributed by atoms with Crippen LogP contribution in [-0.4, -0.2) is 29.1 Å². The van der Waals surface area contributed by atoms with Crippen molar-refractivity contribution in [3.8, 4) is 0 Å². The van der Waals surface area contributed by atoms with Gasteiger partial charge in [-0.05, 0) is 13.8 Å². The lowest BCUT2D eigenvalue weighted by atomic mass is 10.5. The molecule has 1 amide bonds. The quantitative estimate of drug-likeness (QED) is 0.743. The second-order valence-corrected chi connectivity index (χ2v) is 5.46. The molecule has 0 bridgehead atoms. The van der Waals surface area contributed by atoms with Gasteiger partial charge in [0.05, 0.1) is 19.4 Å². The average molecular weight is 289 g/mol. The largest absolute Gasteiger partial charge is 0.366 e. The fourth-order valence-corrected chi connectivity index (χ4v) is 3.00. The zero-order valence-corrected chi connectivity index (χ0v) is 11.8. The summed E-state index contributed by atoms with van der Waals surface area (Å²) in [6, 6.07) is 0. The molecule has 8 nitrogen and oxygen atoms in total. The Balaban J connectivity index is 3.33. The maximum absolute atomic E-state index is 12.6. The molecule has 0 radical (unpaired) electrons. The summed E-state index contributed by atoms with van der Waals surface area (Å²) in [5.41, 5.74) is -0.674. The van der Waals surface area contributed by atoms with Crippen LogP contribution in [0.15, 0.2) is 11.0 Å². The van der Waals surface area contributed by atoms with Gasteiger partial charge in [-0.2, -0.15) is 0 Å². The third-order valence-electron chi connectivity index (χ3n) is 1.99. The van der Waals surface area contributed by atoms with Crippen LogP contribution >= 0.6 is 7.60 Å². The number of hydrogen-bond donors (Lipinski definition) is 2. The van der Waals surface area contributed by atoms with Gasteiger partial charge in [0, 0.05) is 6.92 Å². The molecule has 0 atom stereocenters. The predicted octanol–water partition coefficient (Wildman–Crippen LogP) is 0.620. The lowest BCUT2D eigenvalue weighted by Crippen LogP contribution is -2.26. The van der Waals surface area contributed by atoms with Crippen LogP contribution in [0.4, 0.5) is 5.82 Å². The van der Waals surface area contributed by atoms with E-state index in [2.05, 4.69) is 15.3 Å². The predicted molar refractivity (Wildman–Crippen MR) is 69.7 cm³/mol. The number of amides is 1. The number of nitrogens with one attached hydrogen (secondary N) is 2. The third-order valence-corrected chi connectivity index (χ3v) is 4.11. The normalized spacial score (nSPS) is 11.3. The molecule has 0 fully saturated rings. The third kappa shape index (κ3) is 3.99. The Labute approximate surface area is 110 Å². The zero-order chi connectivity index (χ0) is 14.5. The molecule has 1 aromatic heterocycles. The first-order valence-electron chi connectivity index (χ1n) is 5.69. The van der Waals surface area contributed by atoms with E-state index in [9.17, 15) is 14.2 Å². The molecule has 106 valence electrons. The van der Waals surface area contributed by atoms with Gasteiger partial charge in [-0.1, -0.05) is 0 Å². The van der Waals surface area contributed by atoms with Crippen LogP contribution < -0.4 is 16.3 Å². The fraction of sp³-hybridized carbons (Fsp3) is 0.500. The van der Waals surface area contributed by atoms with Gasteiger partial charge in [0.1, 0.15) is 11.1 Å². The molecule has 1 heterocycles. The minimum absolute atomic E-state index is 0.0194. The summed E-state index contributed by atoms with van der Waals surface area (Å²) in [5, 5.41) is 2.39. The minimum Gasteiger partial charge on any atom is -0.312 e. The summed E-state index contributed by atoms with van der Waals surface area (Å²) in [6.45, 7) is 4.87. The molecule has 0 saturated heterocycles. The van der Waals surface area contributed by atoms with Crippen molar-refractivity contribution in [2.75, 3.05) is 18.5 Å². The minimum atomic E-state index is -3.63. The van der Waals surface area contributed by atoms with E-state index in [4.69, 9.17) is 9.05 Å². The topological polar surface area (TPSA) is 110 Å². The highest BCUT2D eigenvalue weighted by Crippen LogP contribution is 2.47. The van der Waals surface area contributed by atoms with Crippen molar-refractivity contribution in [3.05, 3.63) is 16.7 Å². The van der Waals surface area contributed by atoms with E-state index in [1.54, 1.807) is 13.8 Å². The number of rotatable bonds is 6. The molecule has 0 aromatic carbocycles. The van der Waals surface area contributed by atoms with Crippen LogP contribution in [0.25, 0.3) is 0 Å². The van der Waals surface area contributed by atoms with Crippen LogP contribution in [0.5, 0.6) is 0 Å². The number of anilines is 1. The van der Waals surface area contributed by atoms with Crippen molar-refractivity contribution in [1.29, 1.82) is 0 Å². The fourth-order valence-electron chi connectivity index (χ4n) is 1.38. The zero-order valence-electron chi connectivity index (χ0n) is 10.9. The van der Waals surface area contributed by atoms with Gasteiger partial charge in [0.2, 0.25) is 5.91 Å². The van der Waals surface area contributed by atoms with Gasteiger partial charge in [-0.25, -0.2) is 9.78 Å². The molecule has 1 aromatic rings. The molecule has 1 rings (SSSR count). The standard InChI is InChI=1S/C10H16N3O5P/c1-4-17-19(16,18-5-2)8-6-11-10(15)13-9(8)12-7(3)14/h6H,4-5H2,1-3H3,(H2,11,12,13,14,15). The van der Waals surface area contributed by atoms with Gasteiger partial charge in [0.15, 0.2) is 0 Å². The van der Waals surface area contributed by atoms with Crippen LogP contribution in [0, 0.1) is 0 Å². The van der Waals surface area contributed by atoms with Crippen molar-refractivity contribution in [3.63, 3.8) is 0 Å². The number of carbonyl (C=O) groups is 1. The Bertz CT molecular complexity index is 546. The van der Waals surface area contributed by atoms with Crippen LogP contribution in [-0.2, 0) is 18.4 Å². The summed E-state index contributed by atoms with van der Waals surface area (Å²) in [5.74, 6) is -0.458. The van der Waals surface area contributed by atoms with Crippen molar-refractivity contribution < 1.29 is 18.4 Å². The molecular formula is C10H16N3O5P. The number of hydrogen-bond acceptors (Lipinski definition) is 6. The van der Waals surface area contributed by atoms with Gasteiger partial charge >= 0.3 is 13.3 Å². The van der Waals surface area contributed by atoms with Crippen molar-refractivity contribution in [2.24, 2.45) is 0 Å². The molecule has 0 unspecified atom stereocenters. The number of aromatic amines is 1. The van der Waals surface area contributed by atoms with E-state index in [1.807, 2.05) is 0 Å². The Kier molecular flexibility index (Phi) is 5.41. The first-order valence-corrected chi connectivity index (χ1v) is 7.23. The molecule has 0 spiro atoms. The summed E-state index contributed by atoms with van der Waals surface area (Å²) >= 11 is 0. The van der Waals surface area contributed by atoms with E-state index in [0.29, 0.717) is 0 Å². The molecule has 0 aliphatic rings. The highest BCUT2D eigenvalue weighted by atomic mass is 31.2. The van der Waals surface area contributed by atoms with E-state index < -0.39 is 19.2 Å². The number of H-pyrrole nitrogens is 1. The van der Waals surface area contributed by atoms with Gasteiger partial charge in [-0.3, -0.25) is 14.3 Å². The molecular weight excluding hydrogens is 273 g/mol. The number of carbonyl (C=O) groups excluding carboxylic acids is 1. The van der Waals surface area contributed by atoms with Crippen molar-refractivity contribution in [2.45, 2.75) is 20.8 Å². The summed E-state index contributed by atoms with van der Waals surface area (Å²) in [6.07, 6.45) is 1.08. The molecule has 2 N–H and O–H groups in total. The number of nitrogens with zero attached hydrogens (tertiary/aromatic N) is 1. The van der Waals surface area contributed by atoms with Gasteiger partial charge < -0.3 is 14.4 Å². The monoisotopic (exact) mass is 289 g/mol. The Morgan fingerprint density at radius 3 is 2.47 bits per heavy atom. The molecule has 0 aliphatic carbocycles. The molecule has 0 aliphatic heterocycles. The SMILES string of the molecule is CCOP(=O)(OCC)c1cnc(=O)[nH]c1NC(C)=O. The van der Waals surface area contributed by atoms with Crippen LogP contribution in [0.1, 0.15) is 20.8 Å². The van der Waals surface area contributed by atoms with Gasteiger partial charge in [-0.15, -0.1) is 0 Å². The maximum atomic E-state index is 12.6. The van der Waals surface area contributed by atoms with E-state index in [-0.39, 0.29) is 24.3 Å². The smallest absolute Gasteiger partial charge is 0.312 e. The maximum Gasteiger partial charge on any atom is 0.366 e. The first-order chi connectivity index (χ1) is 8.92. The Morgan fingerprint density at radius 1 is 1.42 bits per heavy atom. The highest BCUT2D eigenvalue weighted by Gasteiger charge is 2.31. The Hall–Kier alpha value is -1.50. The Morgan fingerprint density at radius 2 is 2.00 bits per heavy atom. The molecule has 0 saturated carbocycles. The van der Waals surface area contributed by atoms with Gasteiger partial charge in [0.25, 0.3) is 0 Å². The number of aromatic nitrogens is 2. The second-order valence-electron chi connectivity index (χ2n) is 3.46. The summed E-state index contributed by atoms with van der Waals surface area (Å²) in [7, 11) is -3.63. The second kappa shape index (κ2) is 6.60. The molecule has 9 heteroatoms. The van der Waals surface area contributed by atoms with E-state index >= 15 is 0 Å². The van der Waals surface area contributed by atoms with Crippen LogP contribution in [0.3, 0.4) is 0 Å². The molecule has 19 heavy (non-hydrogen) atoms. The van der Waals surface area contributed by atoms with Crippen molar-refractivity contribution >= 4 is 24.6 Å². The lowest BCUT2D eigenvalue weighted by Gasteiger charge is -2.18. The summed E-state index contributed by atoms with van der Waals surface area (Å²) < 4.78 is 22.8. The van der Waals surface area contributed by atoms with E-state index in [0.717, 1.165) is 6.20 Å². The van der Waals surface area contributed by atoms with Crippen LogP contribution in [0.2, 0.25) is 0 Å². The summed E-state index contributed by atoms with van der Waals surface area (Å²) in [4.78, 5) is 28.1. The van der Waals surface area contributed by atoms with Crippen molar-refractivity contribution in [1.82, 2.24) is 9.97 Å².